The van der Waals surface area contributed by atoms with Gasteiger partial charge in [0.1, 0.15) is 0 Å². The highest BCUT2D eigenvalue weighted by molar-refractivity contribution is 6.05. The summed E-state index contributed by atoms with van der Waals surface area (Å²) in [5.74, 6) is -2.05. The summed E-state index contributed by atoms with van der Waals surface area (Å²) < 4.78 is 0. The molecule has 0 aliphatic rings. The molecule has 2 aromatic carbocycles. The zero-order valence-electron chi connectivity index (χ0n) is 10.5. The van der Waals surface area contributed by atoms with E-state index in [1.807, 2.05) is 0 Å². The van der Waals surface area contributed by atoms with Crippen molar-refractivity contribution in [2.45, 2.75) is 0 Å². The van der Waals surface area contributed by atoms with Gasteiger partial charge in [-0.15, -0.1) is 0 Å². The molecule has 0 amide bonds. The molecule has 20 heavy (non-hydrogen) atoms. The molecule has 0 spiro atoms. The van der Waals surface area contributed by atoms with E-state index in [4.69, 9.17) is 20.4 Å². The van der Waals surface area contributed by atoms with Gasteiger partial charge in [-0.1, -0.05) is 18.2 Å². The fourth-order valence-corrected chi connectivity index (χ4v) is 1.60. The second-order valence-corrected chi connectivity index (χ2v) is 3.80. The van der Waals surface area contributed by atoms with E-state index in [0.29, 0.717) is 10.8 Å². The Balaban J connectivity index is 0.000000444. The van der Waals surface area contributed by atoms with Crippen molar-refractivity contribution in [3.8, 4) is 0 Å². The lowest BCUT2D eigenvalue weighted by Crippen LogP contribution is -1.99. The van der Waals surface area contributed by atoms with E-state index >= 15 is 0 Å². The summed E-state index contributed by atoms with van der Waals surface area (Å²) in [6.07, 6.45) is 0. The van der Waals surface area contributed by atoms with E-state index in [1.165, 1.54) is 24.3 Å². The summed E-state index contributed by atoms with van der Waals surface area (Å²) in [5.41, 5.74) is 0.324. The number of carboxylic acid groups (broad SMARTS) is 2. The number of rotatable bonds is 3. The lowest BCUT2D eigenvalue weighted by atomic mass is 10.0. The number of hydrogen-bond donors (Lipinski definition) is 4. The average molecular weight is 278 g/mol. The van der Waals surface area contributed by atoms with E-state index in [-0.39, 0.29) is 24.3 Å². The Morgan fingerprint density at radius 2 is 1.55 bits per heavy atom. The van der Waals surface area contributed by atoms with Crippen LogP contribution in [-0.2, 0) is 0 Å². The maximum absolute atomic E-state index is 10.9. The van der Waals surface area contributed by atoms with Crippen molar-refractivity contribution in [2.24, 2.45) is 0 Å². The van der Waals surface area contributed by atoms with Crippen molar-refractivity contribution in [2.75, 3.05) is 13.2 Å². The van der Waals surface area contributed by atoms with Gasteiger partial charge >= 0.3 is 11.9 Å². The summed E-state index contributed by atoms with van der Waals surface area (Å²) in [6, 6.07) is 9.15. The van der Waals surface area contributed by atoms with Crippen molar-refractivity contribution in [3.05, 3.63) is 47.5 Å². The van der Waals surface area contributed by atoms with Crippen LogP contribution in [0, 0.1) is 0 Å². The maximum atomic E-state index is 10.9. The van der Waals surface area contributed by atoms with Crippen LogP contribution in [0.1, 0.15) is 20.7 Å². The minimum absolute atomic E-state index is 0.125. The minimum atomic E-state index is -1.03. The average Bonchev–Trinajstić information content (AvgIpc) is 2.46. The molecule has 6 heteroatoms. The Hall–Kier alpha value is -2.44. The van der Waals surface area contributed by atoms with Gasteiger partial charge in [-0.3, -0.25) is 0 Å². The SMILES string of the molecule is O=C(O)c1ccc2c(C(=O)O)cccc2c1.OCCO. The number of carboxylic acids is 2. The Morgan fingerprint density at radius 3 is 2.05 bits per heavy atom. The Kier molecular flexibility index (Phi) is 5.64. The van der Waals surface area contributed by atoms with Gasteiger partial charge < -0.3 is 20.4 Å². The lowest BCUT2D eigenvalue weighted by Gasteiger charge is -2.03. The van der Waals surface area contributed by atoms with Crippen LogP contribution in [0.25, 0.3) is 10.8 Å². The van der Waals surface area contributed by atoms with Gasteiger partial charge in [0.15, 0.2) is 0 Å². The van der Waals surface area contributed by atoms with Crippen LogP contribution < -0.4 is 0 Å². The molecule has 0 atom stereocenters. The fraction of sp³-hybridized carbons (Fsp3) is 0.143. The van der Waals surface area contributed by atoms with Crippen molar-refractivity contribution in [1.82, 2.24) is 0 Å². The van der Waals surface area contributed by atoms with Crippen LogP contribution in [0.15, 0.2) is 36.4 Å². The second-order valence-electron chi connectivity index (χ2n) is 3.80. The van der Waals surface area contributed by atoms with E-state index in [9.17, 15) is 9.59 Å². The third kappa shape index (κ3) is 3.78. The van der Waals surface area contributed by atoms with Crippen LogP contribution in [0.5, 0.6) is 0 Å². The number of aromatic carboxylic acids is 2. The van der Waals surface area contributed by atoms with E-state index in [2.05, 4.69) is 0 Å². The third-order valence-electron chi connectivity index (χ3n) is 2.46. The summed E-state index contributed by atoms with van der Waals surface area (Å²) in [5, 5.41) is 34.2. The van der Waals surface area contributed by atoms with E-state index in [1.54, 1.807) is 12.1 Å². The number of hydrogen-bond acceptors (Lipinski definition) is 4. The van der Waals surface area contributed by atoms with Gasteiger partial charge in [0, 0.05) is 0 Å². The van der Waals surface area contributed by atoms with Crippen LogP contribution in [0.3, 0.4) is 0 Å². The van der Waals surface area contributed by atoms with Gasteiger partial charge in [-0.2, -0.15) is 0 Å². The first-order chi connectivity index (χ1) is 9.51. The Bertz CT molecular complexity index is 618. The van der Waals surface area contributed by atoms with Crippen LogP contribution >= 0.6 is 0 Å². The summed E-state index contributed by atoms with van der Waals surface area (Å²) in [6.45, 7) is -0.250. The molecule has 0 bridgehead atoms. The highest BCUT2D eigenvalue weighted by Crippen LogP contribution is 2.20. The molecule has 0 aromatic heterocycles. The third-order valence-corrected chi connectivity index (χ3v) is 2.46. The molecule has 0 saturated heterocycles. The first kappa shape index (κ1) is 15.6. The number of aliphatic hydroxyl groups is 2. The standard InChI is InChI=1S/C12H8O4.C2H6O2/c13-11(14)8-4-5-9-7(6-8)2-1-3-10(9)12(15)16;3-1-2-4/h1-6H,(H,13,14)(H,15,16);3-4H,1-2H2. The molecule has 2 aromatic rings. The lowest BCUT2D eigenvalue weighted by molar-refractivity contribution is 0.0688. The van der Waals surface area contributed by atoms with Crippen LogP contribution in [-0.4, -0.2) is 45.6 Å². The number of carbonyl (C=O) groups is 2. The molecule has 4 N–H and O–H groups in total. The highest BCUT2D eigenvalue weighted by atomic mass is 16.4. The Morgan fingerprint density at radius 1 is 0.900 bits per heavy atom. The number of aliphatic hydroxyl groups excluding tert-OH is 2. The molecule has 0 fully saturated rings. The second kappa shape index (κ2) is 7.22. The summed E-state index contributed by atoms with van der Waals surface area (Å²) in [7, 11) is 0. The molecule has 106 valence electrons. The van der Waals surface area contributed by atoms with Gasteiger partial charge in [0.05, 0.1) is 24.3 Å². The van der Waals surface area contributed by atoms with Gasteiger partial charge in [0.25, 0.3) is 0 Å². The minimum Gasteiger partial charge on any atom is -0.478 e. The zero-order valence-corrected chi connectivity index (χ0v) is 10.5. The summed E-state index contributed by atoms with van der Waals surface area (Å²) in [4.78, 5) is 21.7. The monoisotopic (exact) mass is 278 g/mol. The smallest absolute Gasteiger partial charge is 0.336 e. The molecular formula is C14H14O6. The van der Waals surface area contributed by atoms with Gasteiger partial charge in [0.2, 0.25) is 0 Å². The molecule has 2 rings (SSSR count). The maximum Gasteiger partial charge on any atom is 0.336 e. The summed E-state index contributed by atoms with van der Waals surface area (Å²) >= 11 is 0. The zero-order chi connectivity index (χ0) is 15.1. The first-order valence-electron chi connectivity index (χ1n) is 5.72. The van der Waals surface area contributed by atoms with Crippen molar-refractivity contribution in [3.63, 3.8) is 0 Å². The van der Waals surface area contributed by atoms with Crippen molar-refractivity contribution in [1.29, 1.82) is 0 Å². The normalized spacial score (nSPS) is 9.70. The molecule has 0 heterocycles. The predicted octanol–water partition coefficient (Wildman–Crippen LogP) is 1.21. The van der Waals surface area contributed by atoms with Crippen LogP contribution in [0.4, 0.5) is 0 Å². The van der Waals surface area contributed by atoms with Gasteiger partial charge in [-0.25, -0.2) is 9.59 Å². The fourth-order valence-electron chi connectivity index (χ4n) is 1.60. The van der Waals surface area contributed by atoms with E-state index < -0.39 is 11.9 Å². The molecular weight excluding hydrogens is 264 g/mol. The van der Waals surface area contributed by atoms with E-state index in [0.717, 1.165) is 0 Å². The molecule has 6 nitrogen and oxygen atoms in total. The molecule has 0 unspecified atom stereocenters. The predicted molar refractivity (Wildman–Crippen MR) is 72.0 cm³/mol. The molecule has 0 saturated carbocycles. The highest BCUT2D eigenvalue weighted by Gasteiger charge is 2.09. The molecule has 0 aliphatic carbocycles. The topological polar surface area (TPSA) is 115 Å². The quantitative estimate of drug-likeness (QED) is 0.670. The van der Waals surface area contributed by atoms with Gasteiger partial charge in [-0.05, 0) is 29.0 Å². The Labute approximate surface area is 114 Å². The number of benzene rings is 2. The van der Waals surface area contributed by atoms with Crippen LogP contribution in [0.2, 0.25) is 0 Å². The van der Waals surface area contributed by atoms with Crippen molar-refractivity contribution < 1.29 is 30.0 Å². The number of fused-ring (bicyclic) bond motifs is 1. The molecule has 0 aliphatic heterocycles. The molecule has 0 radical (unpaired) electrons. The first-order valence-corrected chi connectivity index (χ1v) is 5.72. The largest absolute Gasteiger partial charge is 0.478 e. The van der Waals surface area contributed by atoms with Crippen molar-refractivity contribution >= 4 is 22.7 Å².